The molecule has 3 aromatic heterocycles. The van der Waals surface area contributed by atoms with E-state index in [0.29, 0.717) is 17.5 Å². The van der Waals surface area contributed by atoms with E-state index in [9.17, 15) is 17.6 Å². The third kappa shape index (κ3) is 4.13. The van der Waals surface area contributed by atoms with Gasteiger partial charge in [0, 0.05) is 18.5 Å². The fourth-order valence-electron chi connectivity index (χ4n) is 1.93. The van der Waals surface area contributed by atoms with E-state index in [0.717, 1.165) is 12.1 Å². The van der Waals surface area contributed by atoms with Crippen molar-refractivity contribution >= 4 is 0 Å². The van der Waals surface area contributed by atoms with Gasteiger partial charge in [-0.05, 0) is 25.1 Å². The van der Waals surface area contributed by atoms with Gasteiger partial charge in [0.1, 0.15) is 6.61 Å². The average molecular weight is 368 g/mol. The second-order valence-electron chi connectivity index (χ2n) is 5.27. The molecule has 0 fully saturated rings. The van der Waals surface area contributed by atoms with E-state index in [1.807, 2.05) is 0 Å². The Morgan fingerprint density at radius 3 is 2.42 bits per heavy atom. The molecular weight excluding hydrogens is 356 g/mol. The zero-order valence-electron chi connectivity index (χ0n) is 13.4. The van der Waals surface area contributed by atoms with Crippen LogP contribution in [-0.2, 0) is 12.8 Å². The lowest BCUT2D eigenvalue weighted by atomic mass is 10.2. The molecule has 1 unspecified atom stereocenters. The minimum Gasteiger partial charge on any atom is -0.471 e. The summed E-state index contributed by atoms with van der Waals surface area (Å²) in [5.41, 5.74) is 0.156. The molecule has 0 saturated heterocycles. The molecule has 0 radical (unpaired) electrons. The maximum atomic E-state index is 13.1. The van der Waals surface area contributed by atoms with E-state index in [1.165, 1.54) is 13.1 Å². The van der Waals surface area contributed by atoms with Gasteiger partial charge in [0.2, 0.25) is 11.8 Å². The van der Waals surface area contributed by atoms with Crippen LogP contribution in [0.15, 0.2) is 41.1 Å². The molecule has 0 aliphatic rings. The molecule has 3 heterocycles. The first-order chi connectivity index (χ1) is 12.3. The monoisotopic (exact) mass is 368 g/mol. The topological polar surface area (TPSA) is 73.9 Å². The maximum absolute atomic E-state index is 13.1. The zero-order chi connectivity index (χ0) is 18.7. The third-order valence-electron chi connectivity index (χ3n) is 3.28. The van der Waals surface area contributed by atoms with Crippen molar-refractivity contribution in [3.63, 3.8) is 0 Å². The van der Waals surface area contributed by atoms with Crippen molar-refractivity contribution < 1.29 is 26.7 Å². The molecule has 0 amide bonds. The number of hydrogen-bond acceptors (Lipinski definition) is 6. The first-order valence-corrected chi connectivity index (χ1v) is 7.42. The fourth-order valence-corrected chi connectivity index (χ4v) is 1.93. The Labute approximate surface area is 144 Å². The second kappa shape index (κ2) is 7.06. The summed E-state index contributed by atoms with van der Waals surface area (Å²) in [7, 11) is 0. The van der Waals surface area contributed by atoms with Gasteiger partial charge in [0.05, 0.1) is 16.8 Å². The van der Waals surface area contributed by atoms with Gasteiger partial charge in [-0.25, -0.2) is 9.37 Å². The average Bonchev–Trinajstić information content (AvgIpc) is 3.10. The number of rotatable bonds is 5. The number of aromatic nitrogens is 4. The van der Waals surface area contributed by atoms with E-state index < -0.39 is 17.9 Å². The molecule has 0 bridgehead atoms. The van der Waals surface area contributed by atoms with Crippen LogP contribution in [0.4, 0.5) is 17.6 Å². The number of halogens is 4. The molecule has 136 valence electrons. The lowest BCUT2D eigenvalue weighted by Gasteiger charge is -2.08. The summed E-state index contributed by atoms with van der Waals surface area (Å²) in [6.07, 6.45) is -3.67. The van der Waals surface area contributed by atoms with Crippen LogP contribution in [0.1, 0.15) is 30.2 Å². The number of pyridine rings is 2. The number of hydrogen-bond donors (Lipinski definition) is 0. The predicted octanol–water partition coefficient (Wildman–Crippen LogP) is 4.15. The highest BCUT2D eigenvalue weighted by Gasteiger charge is 2.30. The highest BCUT2D eigenvalue weighted by Crippen LogP contribution is 2.29. The second-order valence-corrected chi connectivity index (χ2v) is 5.27. The van der Waals surface area contributed by atoms with Crippen molar-refractivity contribution in [2.24, 2.45) is 0 Å². The fraction of sp³-hybridized carbons (Fsp3) is 0.250. The Morgan fingerprint density at radius 1 is 1.08 bits per heavy atom. The lowest BCUT2D eigenvalue weighted by molar-refractivity contribution is -0.137. The highest BCUT2D eigenvalue weighted by atomic mass is 19.4. The number of alkyl halides is 4. The molecule has 0 aliphatic carbocycles. The molecule has 3 aromatic rings. The molecule has 10 heteroatoms. The Morgan fingerprint density at radius 2 is 1.88 bits per heavy atom. The summed E-state index contributed by atoms with van der Waals surface area (Å²) in [5.74, 6) is 0.0528. The normalized spacial score (nSPS) is 12.8. The maximum Gasteiger partial charge on any atom is 0.417 e. The summed E-state index contributed by atoms with van der Waals surface area (Å²) >= 11 is 0. The smallest absolute Gasteiger partial charge is 0.417 e. The van der Waals surface area contributed by atoms with Gasteiger partial charge in [-0.3, -0.25) is 4.98 Å². The Bertz CT molecular complexity index is 861. The zero-order valence-corrected chi connectivity index (χ0v) is 13.4. The quantitative estimate of drug-likeness (QED) is 0.630. The molecule has 1 atom stereocenters. The summed E-state index contributed by atoms with van der Waals surface area (Å²) in [5, 5.41) is 7.31. The van der Waals surface area contributed by atoms with Crippen LogP contribution in [0.3, 0.4) is 0 Å². The van der Waals surface area contributed by atoms with Gasteiger partial charge in [0.15, 0.2) is 6.17 Å². The van der Waals surface area contributed by atoms with Crippen molar-refractivity contribution in [1.29, 1.82) is 0 Å². The van der Waals surface area contributed by atoms with Crippen LogP contribution in [0, 0.1) is 0 Å². The van der Waals surface area contributed by atoms with E-state index in [-0.39, 0.29) is 24.3 Å². The van der Waals surface area contributed by atoms with Crippen LogP contribution in [-0.4, -0.2) is 20.2 Å². The molecule has 0 aliphatic heterocycles. The van der Waals surface area contributed by atoms with Crippen LogP contribution >= 0.6 is 0 Å². The molecule has 0 aromatic carbocycles. The number of ether oxygens (including phenoxy) is 1. The third-order valence-corrected chi connectivity index (χ3v) is 3.28. The molecule has 0 spiro atoms. The van der Waals surface area contributed by atoms with E-state index in [1.54, 1.807) is 12.1 Å². The van der Waals surface area contributed by atoms with E-state index in [4.69, 9.17) is 9.15 Å². The lowest BCUT2D eigenvalue weighted by Crippen LogP contribution is -2.06. The molecule has 0 N–H and O–H groups in total. The Kier molecular flexibility index (Phi) is 4.83. The van der Waals surface area contributed by atoms with Crippen molar-refractivity contribution in [1.82, 2.24) is 20.2 Å². The predicted molar refractivity (Wildman–Crippen MR) is 80.6 cm³/mol. The van der Waals surface area contributed by atoms with E-state index >= 15 is 0 Å². The Balaban J connectivity index is 1.62. The summed E-state index contributed by atoms with van der Waals surface area (Å²) < 4.78 is 60.9. The highest BCUT2D eigenvalue weighted by molar-refractivity contribution is 5.50. The van der Waals surface area contributed by atoms with Gasteiger partial charge in [0.25, 0.3) is 5.89 Å². The van der Waals surface area contributed by atoms with Gasteiger partial charge >= 0.3 is 6.18 Å². The van der Waals surface area contributed by atoms with Gasteiger partial charge in [-0.1, -0.05) is 0 Å². The van der Waals surface area contributed by atoms with Gasteiger partial charge in [-0.2, -0.15) is 13.2 Å². The van der Waals surface area contributed by atoms with Gasteiger partial charge in [-0.15, -0.1) is 10.2 Å². The van der Waals surface area contributed by atoms with Crippen LogP contribution in [0.25, 0.3) is 11.5 Å². The van der Waals surface area contributed by atoms with Crippen LogP contribution in [0.5, 0.6) is 5.88 Å². The SMILES string of the molecule is CC(F)c1nnc(-c2ccc(COc3ccc(C(F)(F)F)cn3)nc2)o1. The van der Waals surface area contributed by atoms with E-state index in [2.05, 4.69) is 20.2 Å². The van der Waals surface area contributed by atoms with Crippen molar-refractivity contribution in [3.05, 3.63) is 53.8 Å². The van der Waals surface area contributed by atoms with Gasteiger partial charge < -0.3 is 9.15 Å². The van der Waals surface area contributed by atoms with Crippen LogP contribution < -0.4 is 4.74 Å². The molecule has 0 saturated carbocycles. The molecular formula is C16H12F4N4O2. The first-order valence-electron chi connectivity index (χ1n) is 7.42. The molecule has 26 heavy (non-hydrogen) atoms. The Hall–Kier alpha value is -3.04. The van der Waals surface area contributed by atoms with Crippen molar-refractivity contribution in [3.8, 4) is 17.3 Å². The standard InChI is InChI=1S/C16H12F4N4O2/c1-9(17)14-23-24-15(26-14)10-2-4-12(21-6-10)8-25-13-5-3-11(7-22-13)16(18,19)20/h2-7,9H,8H2,1H3. The minimum atomic E-state index is -4.45. The van der Waals surface area contributed by atoms with Crippen molar-refractivity contribution in [2.75, 3.05) is 0 Å². The number of nitrogens with zero attached hydrogens (tertiary/aromatic N) is 4. The summed E-state index contributed by atoms with van der Waals surface area (Å²) in [6, 6.07) is 5.27. The van der Waals surface area contributed by atoms with Crippen molar-refractivity contribution in [2.45, 2.75) is 25.9 Å². The largest absolute Gasteiger partial charge is 0.471 e. The first kappa shape index (κ1) is 17.8. The molecule has 3 rings (SSSR count). The summed E-state index contributed by atoms with van der Waals surface area (Å²) in [4.78, 5) is 7.73. The van der Waals surface area contributed by atoms with Crippen LogP contribution in [0.2, 0.25) is 0 Å². The molecule has 6 nitrogen and oxygen atoms in total. The minimum absolute atomic E-state index is 0.00917. The summed E-state index contributed by atoms with van der Waals surface area (Å²) in [6.45, 7) is 1.29.